The van der Waals surface area contributed by atoms with Crippen molar-refractivity contribution in [2.75, 3.05) is 44.6 Å². The van der Waals surface area contributed by atoms with E-state index in [1.165, 1.54) is 50.3 Å². The molecule has 0 spiro atoms. The van der Waals surface area contributed by atoms with Crippen LogP contribution >= 0.6 is 0 Å². The minimum Gasteiger partial charge on any atom is -0.490 e. The molecule has 0 radical (unpaired) electrons. The van der Waals surface area contributed by atoms with E-state index in [1.54, 1.807) is 24.0 Å². The summed E-state index contributed by atoms with van der Waals surface area (Å²) in [5.41, 5.74) is 0.367. The van der Waals surface area contributed by atoms with Gasteiger partial charge in [0.15, 0.2) is 0 Å². The molecule has 2 aliphatic rings. The zero-order chi connectivity index (χ0) is 33.3. The fraction of sp³-hybridized carbons (Fsp3) is 0.629. The highest BCUT2D eigenvalue weighted by molar-refractivity contribution is 7.92. The van der Waals surface area contributed by atoms with E-state index in [4.69, 9.17) is 9.47 Å². The molecular formula is C35H52FN3O6S. The lowest BCUT2D eigenvalue weighted by atomic mass is 9.89. The third kappa shape index (κ3) is 10.1. The molecule has 1 aliphatic heterocycles. The maximum absolute atomic E-state index is 14.3. The summed E-state index contributed by atoms with van der Waals surface area (Å²) in [5.74, 6) is 0.0933. The van der Waals surface area contributed by atoms with Crippen molar-refractivity contribution in [3.63, 3.8) is 0 Å². The quantitative estimate of drug-likeness (QED) is 0.343. The maximum Gasteiger partial charge on any atom is 0.261 e. The van der Waals surface area contributed by atoms with Gasteiger partial charge in [0.25, 0.3) is 15.9 Å². The van der Waals surface area contributed by atoms with Gasteiger partial charge in [-0.15, -0.1) is 0 Å². The van der Waals surface area contributed by atoms with Crippen LogP contribution in [0.2, 0.25) is 0 Å². The van der Waals surface area contributed by atoms with Crippen LogP contribution in [0.1, 0.15) is 82.5 Å². The Balaban J connectivity index is 1.62. The van der Waals surface area contributed by atoms with Crippen molar-refractivity contribution in [1.29, 1.82) is 0 Å². The largest absolute Gasteiger partial charge is 0.490 e. The fourth-order valence-electron chi connectivity index (χ4n) is 6.47. The van der Waals surface area contributed by atoms with Gasteiger partial charge in [-0.3, -0.25) is 9.52 Å². The highest BCUT2D eigenvalue weighted by Gasteiger charge is 2.31. The second-order valence-electron chi connectivity index (χ2n) is 13.3. The molecule has 0 aromatic heterocycles. The van der Waals surface area contributed by atoms with Gasteiger partial charge in [0, 0.05) is 37.8 Å². The molecule has 1 amide bonds. The summed E-state index contributed by atoms with van der Waals surface area (Å²) < 4.78 is 54.9. The van der Waals surface area contributed by atoms with Crippen molar-refractivity contribution in [3.8, 4) is 5.75 Å². The number of aliphatic hydroxyl groups excluding tert-OH is 1. The van der Waals surface area contributed by atoms with Crippen LogP contribution in [0, 0.1) is 17.7 Å². The number of fused-ring (bicyclic) bond motifs is 1. The predicted molar refractivity (Wildman–Crippen MR) is 178 cm³/mol. The molecule has 46 heavy (non-hydrogen) atoms. The molecular weight excluding hydrogens is 609 g/mol. The first kappa shape index (κ1) is 36.1. The maximum atomic E-state index is 14.3. The van der Waals surface area contributed by atoms with Crippen molar-refractivity contribution in [1.82, 2.24) is 9.80 Å². The molecule has 0 saturated heterocycles. The van der Waals surface area contributed by atoms with Crippen molar-refractivity contribution in [2.24, 2.45) is 11.8 Å². The number of aliphatic hydroxyl groups is 1. The molecule has 2 N–H and O–H groups in total. The molecule has 9 nitrogen and oxygen atoms in total. The number of likely N-dealkylation sites (N-methyl/N-ethyl adjacent to an activating group) is 1. The van der Waals surface area contributed by atoms with Crippen LogP contribution in [-0.4, -0.2) is 87.4 Å². The van der Waals surface area contributed by atoms with Crippen LogP contribution in [0.15, 0.2) is 47.4 Å². The topological polar surface area (TPSA) is 108 Å². The van der Waals surface area contributed by atoms with Gasteiger partial charge >= 0.3 is 0 Å². The molecule has 2 aromatic rings. The lowest BCUT2D eigenvalue weighted by molar-refractivity contribution is -0.0190. The molecule has 2 aromatic carbocycles. The number of anilines is 1. The third-order valence-electron chi connectivity index (χ3n) is 9.21. The number of nitrogens with zero attached hydrogens (tertiary/aromatic N) is 2. The number of ether oxygens (including phenoxy) is 2. The molecule has 11 heteroatoms. The van der Waals surface area contributed by atoms with Crippen molar-refractivity contribution in [3.05, 3.63) is 53.8 Å². The average Bonchev–Trinajstić information content (AvgIpc) is 3.03. The van der Waals surface area contributed by atoms with Crippen LogP contribution < -0.4 is 9.46 Å². The fourth-order valence-corrected chi connectivity index (χ4v) is 7.52. The molecule has 4 rings (SSSR count). The molecule has 1 heterocycles. The Labute approximate surface area is 274 Å². The predicted octanol–water partition coefficient (Wildman–Crippen LogP) is 5.93. The summed E-state index contributed by atoms with van der Waals surface area (Å²) >= 11 is 0. The molecule has 1 fully saturated rings. The Morgan fingerprint density at radius 1 is 1.02 bits per heavy atom. The van der Waals surface area contributed by atoms with Crippen molar-refractivity contribution < 1.29 is 32.2 Å². The number of halogens is 1. The zero-order valence-corrected chi connectivity index (χ0v) is 28.6. The highest BCUT2D eigenvalue weighted by Crippen LogP contribution is 2.30. The van der Waals surface area contributed by atoms with E-state index in [0.29, 0.717) is 24.8 Å². The van der Waals surface area contributed by atoms with E-state index in [1.807, 2.05) is 6.92 Å². The van der Waals surface area contributed by atoms with Gasteiger partial charge in [-0.25, -0.2) is 12.8 Å². The van der Waals surface area contributed by atoms with Gasteiger partial charge < -0.3 is 24.4 Å². The van der Waals surface area contributed by atoms with E-state index in [2.05, 4.69) is 23.6 Å². The average molecular weight is 662 g/mol. The Kier molecular flexibility index (Phi) is 13.3. The Bertz CT molecular complexity index is 1370. The zero-order valence-electron chi connectivity index (χ0n) is 27.8. The normalized spacial score (nSPS) is 23.3. The van der Waals surface area contributed by atoms with Gasteiger partial charge in [-0.2, -0.15) is 0 Å². The summed E-state index contributed by atoms with van der Waals surface area (Å²) in [6.07, 6.45) is 8.68. The van der Waals surface area contributed by atoms with Gasteiger partial charge in [-0.1, -0.05) is 26.2 Å². The molecule has 4 atom stereocenters. The number of hydrogen-bond acceptors (Lipinski definition) is 7. The first-order valence-corrected chi connectivity index (χ1v) is 18.3. The second-order valence-corrected chi connectivity index (χ2v) is 15.0. The smallest absolute Gasteiger partial charge is 0.261 e. The van der Waals surface area contributed by atoms with E-state index >= 15 is 0 Å². The van der Waals surface area contributed by atoms with E-state index in [0.717, 1.165) is 44.5 Å². The number of rotatable bonds is 9. The summed E-state index contributed by atoms with van der Waals surface area (Å²) in [6, 6.07) is 8.66. The van der Waals surface area contributed by atoms with E-state index in [-0.39, 0.29) is 46.8 Å². The number of hydrogen-bond donors (Lipinski definition) is 2. The summed E-state index contributed by atoms with van der Waals surface area (Å²) in [4.78, 5) is 18.2. The van der Waals surface area contributed by atoms with Crippen LogP contribution in [0.3, 0.4) is 0 Å². The highest BCUT2D eigenvalue weighted by atomic mass is 32.2. The number of carbonyl (C=O) groups is 1. The Morgan fingerprint density at radius 2 is 1.72 bits per heavy atom. The van der Waals surface area contributed by atoms with Gasteiger partial charge in [-0.05, 0) is 101 Å². The number of amides is 1. The van der Waals surface area contributed by atoms with Crippen LogP contribution in [0.4, 0.5) is 10.1 Å². The summed E-state index contributed by atoms with van der Waals surface area (Å²) in [7, 11) is -1.90. The molecule has 0 bridgehead atoms. The van der Waals surface area contributed by atoms with E-state index < -0.39 is 21.9 Å². The SMILES string of the molecule is C[C@@H]1CN([C@@H](C)CO)C(=O)c2cc(NS(=O)(=O)c3ccc(F)cc3)ccc2O[C@@H](C)CCCCO[C@H]1CN(C)CC1CCCCC1. The molecule has 0 unspecified atom stereocenters. The number of nitrogens with one attached hydrogen (secondary N) is 1. The minimum absolute atomic E-state index is 0.0434. The second kappa shape index (κ2) is 16.9. The van der Waals surface area contributed by atoms with E-state index in [9.17, 15) is 22.7 Å². The van der Waals surface area contributed by atoms with Crippen LogP contribution in [0.25, 0.3) is 0 Å². The first-order chi connectivity index (χ1) is 22.0. The number of carbonyl (C=O) groups excluding carboxylic acids is 1. The third-order valence-corrected chi connectivity index (χ3v) is 10.6. The van der Waals surface area contributed by atoms with Crippen LogP contribution in [-0.2, 0) is 14.8 Å². The molecule has 256 valence electrons. The lowest BCUT2D eigenvalue weighted by Gasteiger charge is -2.36. The lowest BCUT2D eigenvalue weighted by Crippen LogP contribution is -2.47. The molecule has 1 saturated carbocycles. The summed E-state index contributed by atoms with van der Waals surface area (Å²) in [6.45, 7) is 8.32. The van der Waals surface area contributed by atoms with Gasteiger partial charge in [0.2, 0.25) is 0 Å². The Hall–Kier alpha value is -2.73. The monoisotopic (exact) mass is 661 g/mol. The minimum atomic E-state index is -4.05. The Morgan fingerprint density at radius 3 is 2.41 bits per heavy atom. The summed E-state index contributed by atoms with van der Waals surface area (Å²) in [5, 5.41) is 10.2. The van der Waals surface area contributed by atoms with Crippen LogP contribution in [0.5, 0.6) is 5.75 Å². The van der Waals surface area contributed by atoms with Crippen molar-refractivity contribution >= 4 is 21.6 Å². The van der Waals surface area contributed by atoms with Crippen molar-refractivity contribution in [2.45, 2.75) is 95.3 Å². The first-order valence-electron chi connectivity index (χ1n) is 16.8. The standard InChI is InChI=1S/C35H52FN3O6S/c1-25-21-39(26(2)24-40)35(41)32-20-30(37-46(42,43)31-16-13-29(36)14-17-31)15-18-33(32)45-27(3)10-8-9-19-44-34(25)23-38(4)22-28-11-6-5-7-12-28/h13-18,20,25-28,34,37,40H,5-12,19,21-24H2,1-4H3/t25-,26+,27+,34+/m1/s1. The van der Waals surface area contributed by atoms with Gasteiger partial charge in [0.05, 0.1) is 35.3 Å². The van der Waals surface area contributed by atoms with Gasteiger partial charge in [0.1, 0.15) is 11.6 Å². The number of sulfonamides is 1. The molecule has 1 aliphatic carbocycles. The number of benzene rings is 2.